The van der Waals surface area contributed by atoms with Crippen LogP contribution in [0.5, 0.6) is 0 Å². The van der Waals surface area contributed by atoms with Crippen molar-refractivity contribution in [1.29, 1.82) is 0 Å². The topological polar surface area (TPSA) is 49.9 Å². The van der Waals surface area contributed by atoms with Crippen LogP contribution in [-0.2, 0) is 28.7 Å². The van der Waals surface area contributed by atoms with Gasteiger partial charge in [0, 0.05) is 25.6 Å². The average Bonchev–Trinajstić information content (AvgIpc) is 3.48. The van der Waals surface area contributed by atoms with E-state index in [1.165, 1.54) is 17.0 Å². The summed E-state index contributed by atoms with van der Waals surface area (Å²) in [5.41, 5.74) is 1.97. The predicted molar refractivity (Wildman–Crippen MR) is 132 cm³/mol. The van der Waals surface area contributed by atoms with E-state index in [4.69, 9.17) is 4.74 Å². The number of carbonyl (C=O) groups is 2. The van der Waals surface area contributed by atoms with Gasteiger partial charge >= 0.3 is 12.3 Å². The van der Waals surface area contributed by atoms with Crippen LogP contribution >= 0.6 is 0 Å². The molecule has 192 valence electrons. The molecule has 3 atom stereocenters. The van der Waals surface area contributed by atoms with Gasteiger partial charge in [-0.1, -0.05) is 72.8 Å². The number of hydrogen-bond donors (Lipinski definition) is 0. The molecule has 2 aliphatic rings. The third-order valence-corrected chi connectivity index (χ3v) is 7.14. The molecule has 3 aromatic rings. The molecule has 37 heavy (non-hydrogen) atoms. The summed E-state index contributed by atoms with van der Waals surface area (Å²) in [6.07, 6.45) is -4.63. The van der Waals surface area contributed by atoms with Gasteiger partial charge in [-0.3, -0.25) is 9.69 Å². The summed E-state index contributed by atoms with van der Waals surface area (Å²) in [4.78, 5) is 29.9. The molecule has 0 saturated carbocycles. The van der Waals surface area contributed by atoms with Crippen molar-refractivity contribution in [3.63, 3.8) is 0 Å². The summed E-state index contributed by atoms with van der Waals surface area (Å²) < 4.78 is 44.7. The Morgan fingerprint density at radius 1 is 0.865 bits per heavy atom. The fourth-order valence-corrected chi connectivity index (χ4v) is 5.31. The zero-order valence-corrected chi connectivity index (χ0v) is 20.1. The molecule has 1 unspecified atom stereocenters. The van der Waals surface area contributed by atoms with Crippen LogP contribution < -0.4 is 0 Å². The zero-order valence-electron chi connectivity index (χ0n) is 20.1. The van der Waals surface area contributed by atoms with E-state index >= 15 is 0 Å². The average molecular weight is 509 g/mol. The minimum absolute atomic E-state index is 0.116. The summed E-state index contributed by atoms with van der Waals surface area (Å²) in [6, 6.07) is 24.0. The van der Waals surface area contributed by atoms with Crippen molar-refractivity contribution in [2.75, 3.05) is 19.7 Å². The first kappa shape index (κ1) is 25.0. The van der Waals surface area contributed by atoms with E-state index < -0.39 is 29.8 Å². The Bertz CT molecular complexity index is 1230. The van der Waals surface area contributed by atoms with Crippen molar-refractivity contribution in [2.24, 2.45) is 5.92 Å². The number of rotatable bonds is 6. The van der Waals surface area contributed by atoms with Gasteiger partial charge in [0.05, 0.1) is 17.5 Å². The minimum Gasteiger partial charge on any atom is -0.447 e. The largest absolute Gasteiger partial charge is 0.447 e. The first-order valence-corrected chi connectivity index (χ1v) is 12.3. The van der Waals surface area contributed by atoms with Crippen molar-refractivity contribution in [1.82, 2.24) is 9.80 Å². The standard InChI is InChI=1S/C29H27F3N2O3/c30-29(31,32)23-13-11-22(12-14-23)25-17-33(16-21-9-5-2-6-10-21)18-26(25)27(35)34-24(19-37-28(34)36)15-20-7-3-1-4-8-20/h1-14,24-26H,15-19H2/t24?,25-,26+/m0/s1. The van der Waals surface area contributed by atoms with Gasteiger partial charge in [-0.2, -0.15) is 13.2 Å². The molecule has 8 heteroatoms. The third kappa shape index (κ3) is 5.54. The van der Waals surface area contributed by atoms with Gasteiger partial charge in [-0.05, 0) is 35.2 Å². The highest BCUT2D eigenvalue weighted by Gasteiger charge is 2.46. The minimum atomic E-state index is -4.44. The number of amides is 2. The van der Waals surface area contributed by atoms with Gasteiger partial charge in [-0.15, -0.1) is 0 Å². The highest BCUT2D eigenvalue weighted by Crippen LogP contribution is 2.38. The number of carbonyl (C=O) groups excluding carboxylic acids is 2. The maximum absolute atomic E-state index is 13.9. The Labute approximate surface area is 213 Å². The lowest BCUT2D eigenvalue weighted by atomic mass is 9.87. The normalized spacial score (nSPS) is 22.3. The summed E-state index contributed by atoms with van der Waals surface area (Å²) in [5.74, 6) is -1.29. The molecule has 2 fully saturated rings. The molecular weight excluding hydrogens is 481 g/mol. The molecular formula is C29H27F3N2O3. The number of benzene rings is 3. The van der Waals surface area contributed by atoms with Crippen LogP contribution in [0.3, 0.4) is 0 Å². The summed E-state index contributed by atoms with van der Waals surface area (Å²) in [5, 5.41) is 0. The van der Waals surface area contributed by atoms with Gasteiger partial charge in [0.15, 0.2) is 0 Å². The van der Waals surface area contributed by atoms with Crippen molar-refractivity contribution < 1.29 is 27.5 Å². The Hall–Kier alpha value is -3.65. The molecule has 0 bridgehead atoms. The Balaban J connectivity index is 1.41. The summed E-state index contributed by atoms with van der Waals surface area (Å²) in [6.45, 7) is 1.59. The van der Waals surface area contributed by atoms with Crippen LogP contribution in [-0.4, -0.2) is 47.5 Å². The monoisotopic (exact) mass is 508 g/mol. The van der Waals surface area contributed by atoms with E-state index in [1.807, 2.05) is 60.7 Å². The number of nitrogens with zero attached hydrogens (tertiary/aromatic N) is 2. The maximum atomic E-state index is 13.9. The number of halogens is 3. The molecule has 0 aromatic heterocycles. The second-order valence-corrected chi connectivity index (χ2v) is 9.64. The van der Waals surface area contributed by atoms with Crippen LogP contribution in [0.2, 0.25) is 0 Å². The highest BCUT2D eigenvalue weighted by atomic mass is 19.4. The SMILES string of the molecule is O=C1OCC(Cc2ccccc2)N1C(=O)[C@@H]1CN(Cc2ccccc2)C[C@H]1c1ccc(C(F)(F)F)cc1. The molecule has 0 N–H and O–H groups in total. The molecule has 0 spiro atoms. The number of alkyl halides is 3. The number of cyclic esters (lactones) is 1. The summed E-state index contributed by atoms with van der Waals surface area (Å²) in [7, 11) is 0. The Kier molecular flexibility index (Phi) is 7.02. The molecule has 5 nitrogen and oxygen atoms in total. The lowest BCUT2D eigenvalue weighted by Gasteiger charge is -2.26. The fourth-order valence-electron chi connectivity index (χ4n) is 5.31. The Morgan fingerprint density at radius 2 is 1.49 bits per heavy atom. The van der Waals surface area contributed by atoms with Crippen LogP contribution in [0.4, 0.5) is 18.0 Å². The zero-order chi connectivity index (χ0) is 26.0. The molecule has 0 aliphatic carbocycles. The molecule has 3 aromatic carbocycles. The van der Waals surface area contributed by atoms with Gasteiger partial charge in [0.2, 0.25) is 5.91 Å². The second kappa shape index (κ2) is 10.4. The van der Waals surface area contributed by atoms with Crippen LogP contribution in [0.1, 0.15) is 28.2 Å². The van der Waals surface area contributed by atoms with Crippen molar-refractivity contribution in [2.45, 2.75) is 31.1 Å². The van der Waals surface area contributed by atoms with Crippen LogP contribution in [0.15, 0.2) is 84.9 Å². The fraction of sp³-hybridized carbons (Fsp3) is 0.310. The smallest absolute Gasteiger partial charge is 0.416 e. The number of hydrogen-bond acceptors (Lipinski definition) is 4. The molecule has 2 saturated heterocycles. The lowest BCUT2D eigenvalue weighted by molar-refractivity contribution is -0.137. The van der Waals surface area contributed by atoms with Crippen molar-refractivity contribution >= 4 is 12.0 Å². The van der Waals surface area contributed by atoms with Gasteiger partial charge < -0.3 is 4.74 Å². The number of likely N-dealkylation sites (tertiary alicyclic amines) is 1. The first-order valence-electron chi connectivity index (χ1n) is 12.3. The highest BCUT2D eigenvalue weighted by molar-refractivity contribution is 5.95. The molecule has 5 rings (SSSR count). The van der Waals surface area contributed by atoms with Crippen LogP contribution in [0, 0.1) is 5.92 Å². The molecule has 0 radical (unpaired) electrons. The van der Waals surface area contributed by atoms with E-state index in [0.717, 1.165) is 23.3 Å². The summed E-state index contributed by atoms with van der Waals surface area (Å²) >= 11 is 0. The molecule has 2 heterocycles. The Morgan fingerprint density at radius 3 is 2.11 bits per heavy atom. The molecule has 2 aliphatic heterocycles. The van der Waals surface area contributed by atoms with Gasteiger partial charge in [-0.25, -0.2) is 9.69 Å². The van der Waals surface area contributed by atoms with Crippen LogP contribution in [0.25, 0.3) is 0 Å². The van der Waals surface area contributed by atoms with Gasteiger partial charge in [0.1, 0.15) is 6.61 Å². The van der Waals surface area contributed by atoms with Gasteiger partial charge in [0.25, 0.3) is 0 Å². The maximum Gasteiger partial charge on any atom is 0.416 e. The van der Waals surface area contributed by atoms with Crippen molar-refractivity contribution in [3.8, 4) is 0 Å². The van der Waals surface area contributed by atoms with E-state index in [9.17, 15) is 22.8 Å². The second-order valence-electron chi connectivity index (χ2n) is 9.64. The number of imide groups is 1. The van der Waals surface area contributed by atoms with E-state index in [-0.39, 0.29) is 18.4 Å². The third-order valence-electron chi connectivity index (χ3n) is 7.14. The predicted octanol–water partition coefficient (Wildman–Crippen LogP) is 5.51. The van der Waals surface area contributed by atoms with E-state index in [1.54, 1.807) is 0 Å². The van der Waals surface area contributed by atoms with E-state index in [2.05, 4.69) is 4.90 Å². The quantitative estimate of drug-likeness (QED) is 0.441. The molecule has 2 amide bonds. The first-order chi connectivity index (χ1) is 17.8. The van der Waals surface area contributed by atoms with E-state index in [0.29, 0.717) is 31.6 Å². The number of ether oxygens (including phenoxy) is 1. The van der Waals surface area contributed by atoms with Crippen molar-refractivity contribution in [3.05, 3.63) is 107 Å². The lowest BCUT2D eigenvalue weighted by Crippen LogP contribution is -2.45.